The lowest BCUT2D eigenvalue weighted by Crippen LogP contribution is -2.37. The summed E-state index contributed by atoms with van der Waals surface area (Å²) in [6.07, 6.45) is 4.58. The highest BCUT2D eigenvalue weighted by Crippen LogP contribution is 2.31. The van der Waals surface area contributed by atoms with Crippen LogP contribution in [-0.2, 0) is 13.1 Å². The molecule has 10 nitrogen and oxygen atoms in total. The minimum absolute atomic E-state index is 0.858. The lowest BCUT2D eigenvalue weighted by atomic mass is 10.1. The average molecular weight is 563 g/mol. The molecule has 2 aliphatic rings. The Morgan fingerprint density at radius 1 is 0.475 bits per heavy atom. The summed E-state index contributed by atoms with van der Waals surface area (Å²) in [5.41, 5.74) is 2.39. The van der Waals surface area contributed by atoms with Crippen molar-refractivity contribution < 1.29 is 9.47 Å². The molecule has 1 aromatic rings. The maximum absolute atomic E-state index is 5.96. The van der Waals surface area contributed by atoms with Crippen LogP contribution in [0.2, 0.25) is 0 Å². The van der Waals surface area contributed by atoms with Crippen LogP contribution in [-0.4, -0.2) is 129 Å². The topological polar surface area (TPSA) is 97.1 Å². The fourth-order valence-corrected chi connectivity index (χ4v) is 5.40. The number of methoxy groups -OCH3 is 2. The van der Waals surface area contributed by atoms with E-state index in [2.05, 4.69) is 53.8 Å². The van der Waals surface area contributed by atoms with Crippen molar-refractivity contribution in [2.24, 2.45) is 0 Å². The molecule has 0 radical (unpaired) electrons. The third-order valence-electron chi connectivity index (χ3n) is 7.71. The number of hydrogen-bond acceptors (Lipinski definition) is 10. The van der Waals surface area contributed by atoms with E-state index in [1.54, 1.807) is 14.2 Å². The zero-order chi connectivity index (χ0) is 28.1. The average Bonchev–Trinajstić information content (AvgIpc) is 2.97. The van der Waals surface area contributed by atoms with Gasteiger partial charge in [-0.3, -0.25) is 9.80 Å². The predicted octanol–water partition coefficient (Wildman–Crippen LogP) is 0.433. The second-order valence-corrected chi connectivity index (χ2v) is 10.9. The van der Waals surface area contributed by atoms with E-state index in [0.29, 0.717) is 0 Å². The van der Waals surface area contributed by atoms with Crippen molar-refractivity contribution >= 4 is 0 Å². The van der Waals surface area contributed by atoms with Gasteiger partial charge in [0.1, 0.15) is 11.5 Å². The Bertz CT molecular complexity index is 693. The third-order valence-corrected chi connectivity index (χ3v) is 7.71. The molecule has 0 aromatic heterocycles. The van der Waals surface area contributed by atoms with E-state index >= 15 is 0 Å². The van der Waals surface area contributed by atoms with Crippen LogP contribution in [0.15, 0.2) is 12.1 Å². The van der Waals surface area contributed by atoms with Gasteiger partial charge < -0.3 is 41.4 Å². The highest BCUT2D eigenvalue weighted by atomic mass is 16.5. The SMILES string of the molecule is COc1cc(CN2CCCNCCNCCCNCC2)c(OC)cc1CN1CCCNCCNCCCNCC1. The molecule has 2 aliphatic heterocycles. The van der Waals surface area contributed by atoms with Crippen molar-refractivity contribution in [1.82, 2.24) is 41.7 Å². The fraction of sp³-hybridized carbons (Fsp3) is 0.800. The molecule has 0 saturated carbocycles. The summed E-state index contributed by atoms with van der Waals surface area (Å²) in [7, 11) is 3.59. The maximum atomic E-state index is 5.96. The molecule has 230 valence electrons. The van der Waals surface area contributed by atoms with Gasteiger partial charge in [0.15, 0.2) is 0 Å². The van der Waals surface area contributed by atoms with Crippen LogP contribution in [0.1, 0.15) is 36.8 Å². The molecule has 6 N–H and O–H groups in total. The van der Waals surface area contributed by atoms with Crippen molar-refractivity contribution in [3.63, 3.8) is 0 Å². The van der Waals surface area contributed by atoms with Gasteiger partial charge in [-0.2, -0.15) is 0 Å². The first-order chi connectivity index (χ1) is 19.8. The summed E-state index contributed by atoms with van der Waals surface area (Å²) < 4.78 is 11.9. The molecule has 2 saturated heterocycles. The van der Waals surface area contributed by atoms with E-state index in [9.17, 15) is 0 Å². The molecule has 40 heavy (non-hydrogen) atoms. The number of benzene rings is 1. The van der Waals surface area contributed by atoms with Gasteiger partial charge in [-0.05, 0) is 90.2 Å². The number of nitrogens with zero attached hydrogens (tertiary/aromatic N) is 2. The van der Waals surface area contributed by atoms with Gasteiger partial charge in [0, 0.05) is 76.6 Å². The van der Waals surface area contributed by atoms with E-state index in [-0.39, 0.29) is 0 Å². The molecular weight excluding hydrogens is 504 g/mol. The number of rotatable bonds is 6. The van der Waals surface area contributed by atoms with Crippen LogP contribution in [0.5, 0.6) is 11.5 Å². The van der Waals surface area contributed by atoms with Crippen LogP contribution in [0.4, 0.5) is 0 Å². The normalized spacial score (nSPS) is 21.6. The smallest absolute Gasteiger partial charge is 0.123 e. The molecular formula is C30H58N8O2. The Hall–Kier alpha value is -1.50. The minimum Gasteiger partial charge on any atom is -0.496 e. The fourth-order valence-electron chi connectivity index (χ4n) is 5.40. The van der Waals surface area contributed by atoms with Gasteiger partial charge in [-0.15, -0.1) is 0 Å². The Balaban J connectivity index is 1.65. The molecule has 0 atom stereocenters. The van der Waals surface area contributed by atoms with Gasteiger partial charge in [0.2, 0.25) is 0 Å². The van der Waals surface area contributed by atoms with E-state index in [4.69, 9.17) is 9.47 Å². The summed E-state index contributed by atoms with van der Waals surface area (Å²) in [6.45, 7) is 18.3. The first kappa shape index (κ1) is 33.0. The van der Waals surface area contributed by atoms with Crippen molar-refractivity contribution in [3.05, 3.63) is 23.3 Å². The van der Waals surface area contributed by atoms with E-state index in [1.807, 2.05) is 0 Å². The van der Waals surface area contributed by atoms with E-state index in [0.717, 1.165) is 155 Å². The lowest BCUT2D eigenvalue weighted by molar-refractivity contribution is 0.250. The molecule has 0 bridgehead atoms. The first-order valence-electron chi connectivity index (χ1n) is 15.7. The maximum Gasteiger partial charge on any atom is 0.123 e. The molecule has 2 fully saturated rings. The number of nitrogens with one attached hydrogen (secondary N) is 6. The molecule has 0 spiro atoms. The third kappa shape index (κ3) is 13.4. The first-order valence-corrected chi connectivity index (χ1v) is 15.7. The van der Waals surface area contributed by atoms with Crippen LogP contribution >= 0.6 is 0 Å². The highest BCUT2D eigenvalue weighted by Gasteiger charge is 2.17. The Kier molecular flexibility index (Phi) is 17.5. The van der Waals surface area contributed by atoms with Gasteiger partial charge in [-0.1, -0.05) is 0 Å². The van der Waals surface area contributed by atoms with Gasteiger partial charge in [-0.25, -0.2) is 0 Å². The van der Waals surface area contributed by atoms with Crippen LogP contribution in [0, 0.1) is 0 Å². The van der Waals surface area contributed by atoms with Gasteiger partial charge >= 0.3 is 0 Å². The van der Waals surface area contributed by atoms with E-state index in [1.165, 1.54) is 11.1 Å². The van der Waals surface area contributed by atoms with Crippen LogP contribution < -0.4 is 41.4 Å². The van der Waals surface area contributed by atoms with Crippen LogP contribution in [0.3, 0.4) is 0 Å². The van der Waals surface area contributed by atoms with E-state index < -0.39 is 0 Å². The van der Waals surface area contributed by atoms with Crippen molar-refractivity contribution in [3.8, 4) is 11.5 Å². The van der Waals surface area contributed by atoms with Crippen LogP contribution in [0.25, 0.3) is 0 Å². The Morgan fingerprint density at radius 2 is 0.825 bits per heavy atom. The summed E-state index contributed by atoms with van der Waals surface area (Å²) in [4.78, 5) is 5.09. The second kappa shape index (κ2) is 21.2. The lowest BCUT2D eigenvalue weighted by Gasteiger charge is -2.27. The molecule has 2 heterocycles. The molecule has 0 unspecified atom stereocenters. The zero-order valence-corrected chi connectivity index (χ0v) is 25.4. The van der Waals surface area contributed by atoms with Crippen molar-refractivity contribution in [2.45, 2.75) is 38.8 Å². The van der Waals surface area contributed by atoms with Gasteiger partial charge in [0.05, 0.1) is 14.2 Å². The summed E-state index contributed by atoms with van der Waals surface area (Å²) >= 11 is 0. The van der Waals surface area contributed by atoms with Crippen molar-refractivity contribution in [2.75, 3.05) is 119 Å². The molecule has 1 aromatic carbocycles. The zero-order valence-electron chi connectivity index (χ0n) is 25.4. The molecule has 0 amide bonds. The summed E-state index contributed by atoms with van der Waals surface area (Å²) in [6, 6.07) is 4.43. The molecule has 3 rings (SSSR count). The highest BCUT2D eigenvalue weighted by molar-refractivity contribution is 5.46. The van der Waals surface area contributed by atoms with Crippen molar-refractivity contribution in [1.29, 1.82) is 0 Å². The largest absolute Gasteiger partial charge is 0.496 e. The molecule has 10 heteroatoms. The van der Waals surface area contributed by atoms with Gasteiger partial charge in [0.25, 0.3) is 0 Å². The molecule has 0 aliphatic carbocycles. The quantitative estimate of drug-likeness (QED) is 0.293. The summed E-state index contributed by atoms with van der Waals surface area (Å²) in [5, 5.41) is 21.4. The number of hydrogen-bond donors (Lipinski definition) is 6. The Morgan fingerprint density at radius 3 is 1.20 bits per heavy atom. The predicted molar refractivity (Wildman–Crippen MR) is 166 cm³/mol. The standard InChI is InChI=1S/C30H58N8O2/c1-39-29-23-28(26-38-20-6-12-34-16-14-32-8-4-10-36-18-22-38)30(40-2)24-27(29)25-37-19-5-11-33-15-13-31-7-3-9-35-17-21-37/h23-24,31-36H,3-22,25-26H2,1-2H3. The Labute approximate surface area is 243 Å². The summed E-state index contributed by atoms with van der Waals surface area (Å²) in [5.74, 6) is 1.92. The monoisotopic (exact) mass is 562 g/mol. The number of ether oxygens (including phenoxy) is 2. The minimum atomic E-state index is 0.858. The second-order valence-electron chi connectivity index (χ2n) is 10.9.